The number of rotatable bonds is 4. The third-order valence-electron chi connectivity index (χ3n) is 3.02. The fourth-order valence-corrected chi connectivity index (χ4v) is 1.97. The molecule has 0 fully saturated rings. The lowest BCUT2D eigenvalue weighted by Gasteiger charge is -2.14. The van der Waals surface area contributed by atoms with E-state index in [1.54, 1.807) is 18.9 Å². The van der Waals surface area contributed by atoms with Crippen LogP contribution in [0.4, 0.5) is 0 Å². The number of fused-ring (bicyclic) bond motifs is 1. The van der Waals surface area contributed by atoms with E-state index >= 15 is 0 Å². The zero-order chi connectivity index (χ0) is 14.0. The fourth-order valence-electron chi connectivity index (χ4n) is 1.97. The first kappa shape index (κ1) is 13.5. The van der Waals surface area contributed by atoms with E-state index in [-0.39, 0.29) is 5.91 Å². The fraction of sp³-hybridized carbons (Fsp3) is 0.429. The quantitative estimate of drug-likeness (QED) is 0.908. The first-order valence-electron chi connectivity index (χ1n) is 6.29. The molecule has 2 rings (SSSR count). The molecule has 0 saturated heterocycles. The van der Waals surface area contributed by atoms with Crippen LogP contribution in [0.25, 0.3) is 11.0 Å². The van der Waals surface area contributed by atoms with Gasteiger partial charge in [-0.25, -0.2) is 4.98 Å². The van der Waals surface area contributed by atoms with Crippen molar-refractivity contribution < 1.29 is 4.79 Å². The van der Waals surface area contributed by atoms with Crippen molar-refractivity contribution in [3.05, 3.63) is 29.6 Å². The Morgan fingerprint density at radius 2 is 2.00 bits per heavy atom. The van der Waals surface area contributed by atoms with Crippen molar-refractivity contribution in [2.75, 3.05) is 21.1 Å². The van der Waals surface area contributed by atoms with E-state index in [1.807, 2.05) is 26.2 Å². The molecular weight excluding hydrogens is 240 g/mol. The van der Waals surface area contributed by atoms with Crippen LogP contribution >= 0.6 is 0 Å². The monoisotopic (exact) mass is 260 g/mol. The molecule has 1 heterocycles. The molecule has 0 unspecified atom stereocenters. The number of aromatic nitrogens is 2. The van der Waals surface area contributed by atoms with E-state index in [9.17, 15) is 4.79 Å². The van der Waals surface area contributed by atoms with Crippen LogP contribution in [-0.4, -0.2) is 46.8 Å². The van der Waals surface area contributed by atoms with Crippen LogP contribution in [0.3, 0.4) is 0 Å². The number of nitrogens with zero attached hydrogens (tertiary/aromatic N) is 3. The van der Waals surface area contributed by atoms with Gasteiger partial charge in [-0.15, -0.1) is 0 Å². The number of carbonyl (C=O) groups is 1. The first-order valence-corrected chi connectivity index (χ1v) is 6.29. The molecule has 0 aliphatic carbocycles. The molecule has 0 aliphatic heterocycles. The number of benzene rings is 1. The number of aromatic amines is 1. The van der Waals surface area contributed by atoms with E-state index in [0.717, 1.165) is 29.0 Å². The van der Waals surface area contributed by atoms with Crippen LogP contribution in [-0.2, 0) is 17.9 Å². The van der Waals surface area contributed by atoms with Gasteiger partial charge in [0.25, 0.3) is 0 Å². The summed E-state index contributed by atoms with van der Waals surface area (Å²) in [5, 5.41) is 0. The third kappa shape index (κ3) is 3.32. The molecule has 0 bridgehead atoms. The number of hydrogen-bond donors (Lipinski definition) is 1. The van der Waals surface area contributed by atoms with Crippen LogP contribution < -0.4 is 0 Å². The molecule has 19 heavy (non-hydrogen) atoms. The van der Waals surface area contributed by atoms with Gasteiger partial charge in [0.1, 0.15) is 5.82 Å². The van der Waals surface area contributed by atoms with Gasteiger partial charge in [-0.1, -0.05) is 6.07 Å². The number of nitrogens with one attached hydrogen (secondary N) is 1. The minimum absolute atomic E-state index is 0.0676. The number of amides is 1. The summed E-state index contributed by atoms with van der Waals surface area (Å²) in [6.45, 7) is 2.98. The molecular formula is C14H20N4O. The molecule has 2 aromatic rings. The van der Waals surface area contributed by atoms with Crippen molar-refractivity contribution in [2.45, 2.75) is 20.0 Å². The summed E-state index contributed by atoms with van der Waals surface area (Å²) in [6.07, 6.45) is 0. The van der Waals surface area contributed by atoms with Crippen LogP contribution in [0.5, 0.6) is 0 Å². The molecule has 0 atom stereocenters. The van der Waals surface area contributed by atoms with Crippen molar-refractivity contribution in [3.63, 3.8) is 0 Å². The molecule has 0 radical (unpaired) electrons. The Balaban J connectivity index is 2.22. The van der Waals surface area contributed by atoms with Crippen molar-refractivity contribution >= 4 is 16.9 Å². The van der Waals surface area contributed by atoms with Gasteiger partial charge in [0.2, 0.25) is 5.91 Å². The second-order valence-electron chi connectivity index (χ2n) is 5.15. The number of carbonyl (C=O) groups excluding carboxylic acids is 1. The summed E-state index contributed by atoms with van der Waals surface area (Å²) in [5.74, 6) is 1.02. The van der Waals surface area contributed by atoms with Crippen LogP contribution in [0, 0.1) is 0 Å². The molecule has 5 nitrogen and oxygen atoms in total. The number of imidazole rings is 1. The first-order chi connectivity index (χ1) is 8.95. The highest BCUT2D eigenvalue weighted by Crippen LogP contribution is 2.15. The maximum atomic E-state index is 11.2. The Hall–Kier alpha value is -1.88. The second-order valence-corrected chi connectivity index (χ2v) is 5.15. The summed E-state index contributed by atoms with van der Waals surface area (Å²) < 4.78 is 0. The predicted molar refractivity (Wildman–Crippen MR) is 75.6 cm³/mol. The zero-order valence-corrected chi connectivity index (χ0v) is 11.9. The summed E-state index contributed by atoms with van der Waals surface area (Å²) in [4.78, 5) is 22.8. The maximum Gasteiger partial charge on any atom is 0.219 e. The molecule has 5 heteroatoms. The SMILES string of the molecule is CC(=O)N(C)Cc1ccc2nc(CN(C)C)[nH]c2c1. The van der Waals surface area contributed by atoms with Crippen molar-refractivity contribution in [2.24, 2.45) is 0 Å². The number of H-pyrrole nitrogens is 1. The van der Waals surface area contributed by atoms with Crippen LogP contribution in [0.2, 0.25) is 0 Å². The molecule has 0 aliphatic rings. The van der Waals surface area contributed by atoms with Gasteiger partial charge in [0.15, 0.2) is 0 Å². The molecule has 102 valence electrons. The average Bonchev–Trinajstić information content (AvgIpc) is 2.69. The lowest BCUT2D eigenvalue weighted by molar-refractivity contribution is -0.128. The molecule has 1 amide bonds. The van der Waals surface area contributed by atoms with Gasteiger partial charge in [-0.2, -0.15) is 0 Å². The normalized spacial score (nSPS) is 11.2. The highest BCUT2D eigenvalue weighted by Gasteiger charge is 2.07. The van der Waals surface area contributed by atoms with Crippen LogP contribution in [0.1, 0.15) is 18.3 Å². The minimum Gasteiger partial charge on any atom is -0.342 e. The third-order valence-corrected chi connectivity index (χ3v) is 3.02. The summed E-state index contributed by atoms with van der Waals surface area (Å²) in [6, 6.07) is 6.07. The predicted octanol–water partition coefficient (Wildman–Crippen LogP) is 1.60. The second kappa shape index (κ2) is 5.40. The van der Waals surface area contributed by atoms with E-state index < -0.39 is 0 Å². The van der Waals surface area contributed by atoms with Gasteiger partial charge in [0, 0.05) is 20.5 Å². The summed E-state index contributed by atoms with van der Waals surface area (Å²) in [5.41, 5.74) is 3.09. The van der Waals surface area contributed by atoms with E-state index in [4.69, 9.17) is 0 Å². The molecule has 0 saturated carbocycles. The zero-order valence-electron chi connectivity index (χ0n) is 11.9. The lowest BCUT2D eigenvalue weighted by atomic mass is 10.2. The van der Waals surface area contributed by atoms with Gasteiger partial charge < -0.3 is 14.8 Å². The van der Waals surface area contributed by atoms with Gasteiger partial charge in [0.05, 0.1) is 17.6 Å². The van der Waals surface area contributed by atoms with Gasteiger partial charge in [-0.05, 0) is 31.8 Å². The van der Waals surface area contributed by atoms with E-state index in [1.165, 1.54) is 0 Å². The topological polar surface area (TPSA) is 52.2 Å². The minimum atomic E-state index is 0.0676. The lowest BCUT2D eigenvalue weighted by Crippen LogP contribution is -2.22. The molecule has 1 N–H and O–H groups in total. The van der Waals surface area contributed by atoms with Crippen molar-refractivity contribution in [1.82, 2.24) is 19.8 Å². The van der Waals surface area contributed by atoms with Crippen LogP contribution in [0.15, 0.2) is 18.2 Å². The smallest absolute Gasteiger partial charge is 0.219 e. The maximum absolute atomic E-state index is 11.2. The van der Waals surface area contributed by atoms with Gasteiger partial charge >= 0.3 is 0 Å². The van der Waals surface area contributed by atoms with Crippen molar-refractivity contribution in [1.29, 1.82) is 0 Å². The van der Waals surface area contributed by atoms with Crippen molar-refractivity contribution in [3.8, 4) is 0 Å². The molecule has 1 aromatic heterocycles. The largest absolute Gasteiger partial charge is 0.342 e. The average molecular weight is 260 g/mol. The Kier molecular flexibility index (Phi) is 3.85. The Morgan fingerprint density at radius 1 is 1.26 bits per heavy atom. The molecule has 1 aromatic carbocycles. The Labute approximate surface area is 113 Å². The van der Waals surface area contributed by atoms with E-state index in [2.05, 4.69) is 20.9 Å². The number of hydrogen-bond acceptors (Lipinski definition) is 3. The standard InChI is InChI=1S/C14H20N4O/c1-10(19)18(4)8-11-5-6-12-13(7-11)16-14(15-12)9-17(2)3/h5-7H,8-9H2,1-4H3,(H,15,16). The van der Waals surface area contributed by atoms with Gasteiger partial charge in [-0.3, -0.25) is 4.79 Å². The highest BCUT2D eigenvalue weighted by molar-refractivity contribution is 5.76. The Morgan fingerprint density at radius 3 is 2.63 bits per heavy atom. The highest BCUT2D eigenvalue weighted by atomic mass is 16.2. The molecule has 0 spiro atoms. The summed E-state index contributed by atoms with van der Waals surface area (Å²) >= 11 is 0. The Bertz CT molecular complexity index is 588. The van der Waals surface area contributed by atoms with E-state index in [0.29, 0.717) is 6.54 Å². The summed E-state index contributed by atoms with van der Waals surface area (Å²) in [7, 11) is 5.83.